The van der Waals surface area contributed by atoms with E-state index in [2.05, 4.69) is 86.8 Å². The molecule has 0 heterocycles. The first-order valence-electron chi connectivity index (χ1n) is 22.4. The minimum Gasteiger partial charge on any atom is -0.462 e. The normalized spacial score (nSPS) is 22.8. The van der Waals surface area contributed by atoms with Gasteiger partial charge in [-0.25, -0.2) is 4.57 Å². The predicted molar refractivity (Wildman–Crippen MR) is 239 cm³/mol. The third-order valence-corrected chi connectivity index (χ3v) is 10.7. The van der Waals surface area contributed by atoms with Gasteiger partial charge in [0.25, 0.3) is 0 Å². The van der Waals surface area contributed by atoms with E-state index in [1.807, 2.05) is 12.2 Å². The largest absolute Gasteiger partial charge is 0.472 e. The standard InChI is InChI=1S/C47H77O13P/c1-3-5-7-9-11-13-15-17-19-20-22-24-26-28-30-32-34-36-41(49)59-39(38-58-61(55,56)60-47-45(53)43(51)42(50)44(52)46(47)54)37-57-40(48)35-33-31-29-27-25-23-21-18-16-14-12-10-8-6-4-2/h5,7,11-14,17-19,21-22,24,28,30,39,42-47,50-54H,3-4,6,8-10,15-16,20,23,25-27,29,31-38H2,1-2H3,(H,55,56). The molecule has 1 saturated carbocycles. The Labute approximate surface area is 365 Å². The summed E-state index contributed by atoms with van der Waals surface area (Å²) in [5, 5.41) is 50.1. The molecule has 0 aromatic heterocycles. The highest BCUT2D eigenvalue weighted by molar-refractivity contribution is 7.47. The number of allylic oxidation sites excluding steroid dienone is 14. The van der Waals surface area contributed by atoms with Gasteiger partial charge in [0, 0.05) is 12.8 Å². The lowest BCUT2D eigenvalue weighted by Gasteiger charge is -2.41. The van der Waals surface area contributed by atoms with Crippen LogP contribution in [0.25, 0.3) is 0 Å². The van der Waals surface area contributed by atoms with Crippen LogP contribution in [-0.2, 0) is 32.7 Å². The second-order valence-electron chi connectivity index (χ2n) is 15.2. The number of phosphoric ester groups is 1. The summed E-state index contributed by atoms with van der Waals surface area (Å²) >= 11 is 0. The molecule has 0 amide bonds. The molecule has 6 N–H and O–H groups in total. The van der Waals surface area contributed by atoms with Crippen LogP contribution < -0.4 is 0 Å². The summed E-state index contributed by atoms with van der Waals surface area (Å²) < 4.78 is 33.4. The van der Waals surface area contributed by atoms with Crippen molar-refractivity contribution in [3.05, 3.63) is 85.1 Å². The molecule has 13 nitrogen and oxygen atoms in total. The molecule has 0 aromatic rings. The third-order valence-electron chi connectivity index (χ3n) is 9.72. The zero-order valence-electron chi connectivity index (χ0n) is 36.7. The highest BCUT2D eigenvalue weighted by Gasteiger charge is 2.51. The molecule has 6 atom stereocenters. The van der Waals surface area contributed by atoms with Crippen molar-refractivity contribution in [2.24, 2.45) is 0 Å². The average Bonchev–Trinajstić information content (AvgIpc) is 3.24. The molecule has 0 aliphatic heterocycles. The minimum atomic E-state index is -5.14. The predicted octanol–water partition coefficient (Wildman–Crippen LogP) is 8.50. The van der Waals surface area contributed by atoms with Gasteiger partial charge >= 0.3 is 19.8 Å². The lowest BCUT2D eigenvalue weighted by atomic mass is 9.85. The molecule has 348 valence electrons. The Morgan fingerprint density at radius 2 is 0.951 bits per heavy atom. The van der Waals surface area contributed by atoms with Crippen molar-refractivity contribution in [1.82, 2.24) is 0 Å². The van der Waals surface area contributed by atoms with Crippen LogP contribution in [0.15, 0.2) is 85.1 Å². The molecule has 6 unspecified atom stereocenters. The fourth-order valence-electron chi connectivity index (χ4n) is 6.12. The van der Waals surface area contributed by atoms with Gasteiger partial charge in [-0.2, -0.15) is 0 Å². The summed E-state index contributed by atoms with van der Waals surface area (Å²) in [6.45, 7) is 3.08. The Morgan fingerprint density at radius 3 is 1.48 bits per heavy atom. The summed E-state index contributed by atoms with van der Waals surface area (Å²) in [6, 6.07) is 0. The molecule has 0 saturated heterocycles. The van der Waals surface area contributed by atoms with Crippen LogP contribution in [0.1, 0.15) is 142 Å². The fraction of sp³-hybridized carbons (Fsp3) is 0.660. The molecule has 0 aromatic carbocycles. The van der Waals surface area contributed by atoms with Gasteiger partial charge in [0.1, 0.15) is 43.2 Å². The number of unbranched alkanes of at least 4 members (excludes halogenated alkanes) is 9. The first-order chi connectivity index (χ1) is 29.4. The number of aliphatic hydroxyl groups excluding tert-OH is 5. The summed E-state index contributed by atoms with van der Waals surface area (Å²) in [4.78, 5) is 35.6. The van der Waals surface area contributed by atoms with E-state index in [4.69, 9.17) is 18.5 Å². The second-order valence-corrected chi connectivity index (χ2v) is 16.6. The second kappa shape index (κ2) is 36.5. The average molecular weight is 881 g/mol. The summed E-state index contributed by atoms with van der Waals surface area (Å²) in [5.74, 6) is -1.19. The van der Waals surface area contributed by atoms with E-state index in [9.17, 15) is 44.6 Å². The van der Waals surface area contributed by atoms with Gasteiger partial charge in [-0.15, -0.1) is 0 Å². The smallest absolute Gasteiger partial charge is 0.462 e. The van der Waals surface area contributed by atoms with Crippen molar-refractivity contribution < 1.29 is 63.1 Å². The molecule has 61 heavy (non-hydrogen) atoms. The number of rotatable bonds is 35. The lowest BCUT2D eigenvalue weighted by Crippen LogP contribution is -2.64. The van der Waals surface area contributed by atoms with Gasteiger partial charge in [-0.3, -0.25) is 18.6 Å². The van der Waals surface area contributed by atoms with E-state index < -0.39 is 75.7 Å². The van der Waals surface area contributed by atoms with E-state index >= 15 is 0 Å². The number of carbonyl (C=O) groups is 2. The SMILES string of the molecule is CCC=CCC=CCC=CCC=CCC=CCCCC(=O)OC(COC(=O)CCCCCCCC=CCC=CCCCCC)COP(=O)(O)OC1C(O)C(O)C(O)C(O)C1O. The quantitative estimate of drug-likeness (QED) is 0.0153. The van der Waals surface area contributed by atoms with Crippen LogP contribution in [0.5, 0.6) is 0 Å². The zero-order chi connectivity index (χ0) is 45.0. The van der Waals surface area contributed by atoms with Gasteiger partial charge in [-0.05, 0) is 83.5 Å². The van der Waals surface area contributed by atoms with Gasteiger partial charge < -0.3 is 39.9 Å². The van der Waals surface area contributed by atoms with E-state index in [-0.39, 0.29) is 12.8 Å². The van der Waals surface area contributed by atoms with Crippen LogP contribution in [0, 0.1) is 0 Å². The van der Waals surface area contributed by atoms with Crippen LogP contribution >= 0.6 is 7.82 Å². The number of carbonyl (C=O) groups excluding carboxylic acids is 2. The topological polar surface area (TPSA) is 210 Å². The number of esters is 2. The van der Waals surface area contributed by atoms with E-state index in [1.165, 1.54) is 19.3 Å². The number of hydrogen-bond donors (Lipinski definition) is 6. The first kappa shape index (κ1) is 56.0. The molecule has 0 radical (unpaired) electrons. The minimum absolute atomic E-state index is 0.0105. The summed E-state index contributed by atoms with van der Waals surface area (Å²) in [5.41, 5.74) is 0. The van der Waals surface area contributed by atoms with Crippen molar-refractivity contribution in [1.29, 1.82) is 0 Å². The van der Waals surface area contributed by atoms with E-state index in [0.717, 1.165) is 77.0 Å². The Morgan fingerprint density at radius 1 is 0.525 bits per heavy atom. The fourth-order valence-corrected chi connectivity index (χ4v) is 7.09. The summed E-state index contributed by atoms with van der Waals surface area (Å²) in [7, 11) is -5.14. The van der Waals surface area contributed by atoms with Crippen molar-refractivity contribution >= 4 is 19.8 Å². The van der Waals surface area contributed by atoms with Crippen LogP contribution in [0.3, 0.4) is 0 Å². The van der Waals surface area contributed by atoms with Crippen LogP contribution in [0.4, 0.5) is 0 Å². The maximum absolute atomic E-state index is 12.8. The molecule has 0 bridgehead atoms. The Hall–Kier alpha value is -2.97. The zero-order valence-corrected chi connectivity index (χ0v) is 37.6. The van der Waals surface area contributed by atoms with Gasteiger partial charge in [-0.1, -0.05) is 131 Å². The summed E-state index contributed by atoms with van der Waals surface area (Å²) in [6.07, 6.45) is 33.6. The maximum Gasteiger partial charge on any atom is 0.472 e. The van der Waals surface area contributed by atoms with Crippen molar-refractivity contribution in [3.8, 4) is 0 Å². The number of ether oxygens (including phenoxy) is 2. The molecule has 1 aliphatic carbocycles. The van der Waals surface area contributed by atoms with Crippen molar-refractivity contribution in [3.63, 3.8) is 0 Å². The first-order valence-corrected chi connectivity index (χ1v) is 23.9. The Kier molecular flexibility index (Phi) is 33.5. The molecule has 1 aliphatic rings. The van der Waals surface area contributed by atoms with Crippen molar-refractivity contribution in [2.75, 3.05) is 13.2 Å². The van der Waals surface area contributed by atoms with Gasteiger partial charge in [0.2, 0.25) is 0 Å². The molecular weight excluding hydrogens is 803 g/mol. The van der Waals surface area contributed by atoms with Gasteiger partial charge in [0.15, 0.2) is 6.10 Å². The molecule has 1 rings (SSSR count). The third kappa shape index (κ3) is 29.1. The molecule has 1 fully saturated rings. The van der Waals surface area contributed by atoms with E-state index in [0.29, 0.717) is 19.3 Å². The number of aliphatic hydroxyl groups is 5. The Balaban J connectivity index is 2.54. The van der Waals surface area contributed by atoms with E-state index in [1.54, 1.807) is 0 Å². The molecular formula is C47H77O13P. The Bertz CT molecular complexity index is 1390. The highest BCUT2D eigenvalue weighted by atomic mass is 31.2. The van der Waals surface area contributed by atoms with Gasteiger partial charge in [0.05, 0.1) is 6.61 Å². The maximum atomic E-state index is 12.8. The molecule has 14 heteroatoms. The lowest BCUT2D eigenvalue weighted by molar-refractivity contribution is -0.220. The molecule has 0 spiro atoms. The van der Waals surface area contributed by atoms with Crippen molar-refractivity contribution in [2.45, 2.75) is 185 Å². The highest BCUT2D eigenvalue weighted by Crippen LogP contribution is 2.47. The number of hydrogen-bond acceptors (Lipinski definition) is 12. The number of phosphoric acid groups is 1. The van der Waals surface area contributed by atoms with Crippen LogP contribution in [0.2, 0.25) is 0 Å². The monoisotopic (exact) mass is 881 g/mol. The van der Waals surface area contributed by atoms with Crippen LogP contribution in [-0.4, -0.2) is 98.3 Å².